The van der Waals surface area contributed by atoms with E-state index in [1.54, 1.807) is 67.6 Å². The molecule has 0 spiro atoms. The molecule has 4 heteroatoms. The van der Waals surface area contributed by atoms with Crippen LogP contribution in [0.25, 0.3) is 0 Å². The van der Waals surface area contributed by atoms with Gasteiger partial charge < -0.3 is 4.74 Å². The zero-order valence-corrected chi connectivity index (χ0v) is 15.6. The molecule has 138 valence electrons. The maximum Gasteiger partial charge on any atom is 0.317 e. The minimum atomic E-state index is -1.12. The van der Waals surface area contributed by atoms with E-state index in [1.165, 1.54) is 6.42 Å². The van der Waals surface area contributed by atoms with Crippen LogP contribution in [0, 0.1) is 5.92 Å². The molecule has 0 aromatic heterocycles. The van der Waals surface area contributed by atoms with Gasteiger partial charge in [-0.05, 0) is 6.92 Å². The van der Waals surface area contributed by atoms with Crippen molar-refractivity contribution in [1.29, 1.82) is 0 Å². The summed E-state index contributed by atoms with van der Waals surface area (Å²) in [4.78, 5) is 37.0. The molecule has 0 bridgehead atoms. The van der Waals surface area contributed by atoms with Gasteiger partial charge in [0, 0.05) is 17.5 Å². The average Bonchev–Trinajstić information content (AvgIpc) is 2.67. The number of Topliss-reactive ketones (excluding diaryl/α,β-unsaturated/α-hetero) is 2. The molecule has 0 aliphatic carbocycles. The van der Waals surface area contributed by atoms with Gasteiger partial charge in [0.05, 0.1) is 6.61 Å². The minimum absolute atomic E-state index is 0.164. The number of rotatable bonds is 7. The van der Waals surface area contributed by atoms with Gasteiger partial charge >= 0.3 is 5.97 Å². The largest absolute Gasteiger partial charge is 0.465 e. The quantitative estimate of drug-likeness (QED) is 0.409. The van der Waals surface area contributed by atoms with Crippen LogP contribution in [0.2, 0.25) is 0 Å². The van der Waals surface area contributed by atoms with Gasteiger partial charge in [-0.15, -0.1) is 0 Å². The van der Waals surface area contributed by atoms with E-state index >= 15 is 0 Å². The van der Waals surface area contributed by atoms with Crippen LogP contribution in [0.1, 0.15) is 54.3 Å². The third kappa shape index (κ3) is 6.63. The number of esters is 1. The van der Waals surface area contributed by atoms with Crippen LogP contribution < -0.4 is 0 Å². The first-order valence-corrected chi connectivity index (χ1v) is 8.89. The van der Waals surface area contributed by atoms with E-state index in [2.05, 4.69) is 13.8 Å². The predicted molar refractivity (Wildman–Crippen MR) is 102 cm³/mol. The molecule has 4 nitrogen and oxygen atoms in total. The molecule has 0 fully saturated rings. The fourth-order valence-corrected chi connectivity index (χ4v) is 2.26. The standard InChI is InChI=1S/C19H18O4.C3H8/c1-2-23-19(22)16(18(21)15-11-7-4-8-12-15)13-17(20)14-9-5-3-6-10-14;1-3-2/h3-12,16H,2,13H2,1H3;3H2,1-2H3. The fourth-order valence-electron chi connectivity index (χ4n) is 2.26. The third-order valence-corrected chi connectivity index (χ3v) is 3.43. The van der Waals surface area contributed by atoms with Gasteiger partial charge in [-0.25, -0.2) is 0 Å². The number of benzene rings is 2. The lowest BCUT2D eigenvalue weighted by molar-refractivity contribution is -0.146. The number of hydrogen-bond acceptors (Lipinski definition) is 4. The van der Waals surface area contributed by atoms with Crippen molar-refractivity contribution in [2.75, 3.05) is 6.61 Å². The number of ether oxygens (including phenoxy) is 1. The molecular weight excluding hydrogens is 328 g/mol. The molecule has 1 atom stereocenters. The normalized spacial score (nSPS) is 10.9. The van der Waals surface area contributed by atoms with E-state index in [-0.39, 0.29) is 18.8 Å². The summed E-state index contributed by atoms with van der Waals surface area (Å²) in [6.07, 6.45) is 1.05. The Balaban J connectivity index is 0.00000105. The third-order valence-electron chi connectivity index (χ3n) is 3.43. The van der Waals surface area contributed by atoms with Gasteiger partial charge in [0.15, 0.2) is 11.6 Å². The highest BCUT2D eigenvalue weighted by Gasteiger charge is 2.31. The Labute approximate surface area is 155 Å². The Hall–Kier alpha value is -2.75. The Morgan fingerprint density at radius 1 is 0.808 bits per heavy atom. The van der Waals surface area contributed by atoms with Crippen molar-refractivity contribution in [3.8, 4) is 0 Å². The SMILES string of the molecule is CCC.CCOC(=O)C(CC(=O)c1ccccc1)C(=O)c1ccccc1. The molecule has 2 rings (SSSR count). The van der Waals surface area contributed by atoms with E-state index in [0.717, 1.165) is 0 Å². The minimum Gasteiger partial charge on any atom is -0.465 e. The van der Waals surface area contributed by atoms with Gasteiger partial charge in [0.2, 0.25) is 0 Å². The van der Waals surface area contributed by atoms with Crippen molar-refractivity contribution in [3.63, 3.8) is 0 Å². The summed E-state index contributed by atoms with van der Waals surface area (Å²) >= 11 is 0. The average molecular weight is 354 g/mol. The number of ketones is 2. The van der Waals surface area contributed by atoms with E-state index in [1.807, 2.05) is 0 Å². The fraction of sp³-hybridized carbons (Fsp3) is 0.318. The van der Waals surface area contributed by atoms with Crippen LogP contribution in [0.5, 0.6) is 0 Å². The maximum atomic E-state index is 12.6. The van der Waals surface area contributed by atoms with Crippen molar-refractivity contribution >= 4 is 17.5 Å². The van der Waals surface area contributed by atoms with Crippen LogP contribution in [0.4, 0.5) is 0 Å². The van der Waals surface area contributed by atoms with E-state index in [9.17, 15) is 14.4 Å². The first kappa shape index (κ1) is 21.3. The Kier molecular flexibility index (Phi) is 9.62. The molecule has 0 radical (unpaired) electrons. The molecule has 0 N–H and O–H groups in total. The van der Waals surface area contributed by atoms with E-state index in [0.29, 0.717) is 11.1 Å². The van der Waals surface area contributed by atoms with Gasteiger partial charge in [-0.2, -0.15) is 0 Å². The summed E-state index contributed by atoms with van der Waals surface area (Å²) in [6.45, 7) is 6.08. The zero-order chi connectivity index (χ0) is 19.4. The van der Waals surface area contributed by atoms with E-state index in [4.69, 9.17) is 4.74 Å². The van der Waals surface area contributed by atoms with Gasteiger partial charge in [0.1, 0.15) is 5.92 Å². The molecule has 0 heterocycles. The summed E-state index contributed by atoms with van der Waals surface area (Å²) in [5, 5.41) is 0. The first-order valence-electron chi connectivity index (χ1n) is 8.89. The molecule has 0 aliphatic rings. The Bertz CT molecular complexity index is 693. The second-order valence-electron chi connectivity index (χ2n) is 5.74. The summed E-state index contributed by atoms with van der Waals surface area (Å²) in [6, 6.07) is 17.1. The lowest BCUT2D eigenvalue weighted by Crippen LogP contribution is -2.29. The predicted octanol–water partition coefficient (Wildman–Crippen LogP) is 4.74. The molecule has 0 saturated carbocycles. The highest BCUT2D eigenvalue weighted by Crippen LogP contribution is 2.18. The molecule has 0 aliphatic heterocycles. The first-order chi connectivity index (χ1) is 12.5. The van der Waals surface area contributed by atoms with Gasteiger partial charge in [-0.1, -0.05) is 80.9 Å². The van der Waals surface area contributed by atoms with Crippen LogP contribution in [0.15, 0.2) is 60.7 Å². The second-order valence-corrected chi connectivity index (χ2v) is 5.74. The topological polar surface area (TPSA) is 60.4 Å². The summed E-state index contributed by atoms with van der Waals surface area (Å²) in [7, 11) is 0. The number of carbonyl (C=O) groups is 3. The van der Waals surface area contributed by atoms with Crippen molar-refractivity contribution in [3.05, 3.63) is 71.8 Å². The number of hydrogen-bond donors (Lipinski definition) is 0. The molecule has 2 aromatic rings. The summed E-state index contributed by atoms with van der Waals surface area (Å²) in [5.41, 5.74) is 0.870. The number of carbonyl (C=O) groups excluding carboxylic acids is 3. The van der Waals surface area contributed by atoms with Crippen LogP contribution in [-0.2, 0) is 9.53 Å². The molecular formula is C22H26O4. The van der Waals surface area contributed by atoms with Gasteiger partial charge in [0.25, 0.3) is 0 Å². The molecule has 0 amide bonds. The van der Waals surface area contributed by atoms with E-state index < -0.39 is 17.7 Å². The summed E-state index contributed by atoms with van der Waals surface area (Å²) in [5.74, 6) is -2.43. The highest BCUT2D eigenvalue weighted by atomic mass is 16.5. The second kappa shape index (κ2) is 11.7. The van der Waals surface area contributed by atoms with Crippen molar-refractivity contribution in [1.82, 2.24) is 0 Å². The van der Waals surface area contributed by atoms with Gasteiger partial charge in [-0.3, -0.25) is 14.4 Å². The Morgan fingerprint density at radius 2 is 1.27 bits per heavy atom. The van der Waals surface area contributed by atoms with Crippen molar-refractivity contribution < 1.29 is 19.1 Å². The monoisotopic (exact) mass is 354 g/mol. The Morgan fingerprint density at radius 3 is 1.73 bits per heavy atom. The molecule has 26 heavy (non-hydrogen) atoms. The molecule has 1 unspecified atom stereocenters. The lowest BCUT2D eigenvalue weighted by Gasteiger charge is -2.14. The maximum absolute atomic E-state index is 12.6. The van der Waals surface area contributed by atoms with Crippen LogP contribution in [0.3, 0.4) is 0 Å². The highest BCUT2D eigenvalue weighted by molar-refractivity contribution is 6.12. The molecule has 0 saturated heterocycles. The molecule has 2 aromatic carbocycles. The van der Waals surface area contributed by atoms with Crippen LogP contribution in [-0.4, -0.2) is 24.1 Å². The van der Waals surface area contributed by atoms with Crippen molar-refractivity contribution in [2.45, 2.75) is 33.6 Å². The summed E-state index contributed by atoms with van der Waals surface area (Å²) < 4.78 is 4.97. The smallest absolute Gasteiger partial charge is 0.317 e. The zero-order valence-electron chi connectivity index (χ0n) is 15.6. The van der Waals surface area contributed by atoms with Crippen molar-refractivity contribution in [2.24, 2.45) is 5.92 Å². The van der Waals surface area contributed by atoms with Crippen LogP contribution >= 0.6 is 0 Å². The lowest BCUT2D eigenvalue weighted by atomic mass is 9.91.